The van der Waals surface area contributed by atoms with Gasteiger partial charge in [0.25, 0.3) is 0 Å². The molecule has 1 aromatic heterocycles. The number of aromatic nitrogens is 1. The summed E-state index contributed by atoms with van der Waals surface area (Å²) in [5, 5.41) is 12.7. The van der Waals surface area contributed by atoms with Crippen molar-refractivity contribution >= 4 is 5.91 Å². The predicted molar refractivity (Wildman–Crippen MR) is 98.9 cm³/mol. The van der Waals surface area contributed by atoms with Crippen LogP contribution in [0, 0.1) is 11.3 Å². The zero-order chi connectivity index (χ0) is 18.2. The van der Waals surface area contributed by atoms with Gasteiger partial charge in [0.2, 0.25) is 5.91 Å². The fourth-order valence-electron chi connectivity index (χ4n) is 3.16. The van der Waals surface area contributed by atoms with Crippen molar-refractivity contribution < 1.29 is 4.79 Å². The SMILES string of the molecule is N#CC(c1cccnc1)N1CCN(C(=O)CNCc2ccccc2)CC1. The summed E-state index contributed by atoms with van der Waals surface area (Å²) in [6.07, 6.45) is 3.44. The first-order chi connectivity index (χ1) is 12.8. The quantitative estimate of drug-likeness (QED) is 0.857. The molecule has 1 aromatic carbocycles. The van der Waals surface area contributed by atoms with Gasteiger partial charge in [-0.2, -0.15) is 5.26 Å². The second-order valence-corrected chi connectivity index (χ2v) is 6.32. The molecule has 0 bridgehead atoms. The van der Waals surface area contributed by atoms with Gasteiger partial charge in [-0.05, 0) is 11.6 Å². The number of hydrogen-bond donors (Lipinski definition) is 1. The van der Waals surface area contributed by atoms with Gasteiger partial charge in [0.15, 0.2) is 0 Å². The summed E-state index contributed by atoms with van der Waals surface area (Å²) >= 11 is 0. The lowest BCUT2D eigenvalue weighted by Crippen LogP contribution is -2.51. The lowest BCUT2D eigenvalue weighted by molar-refractivity contribution is -0.132. The van der Waals surface area contributed by atoms with E-state index < -0.39 is 0 Å². The van der Waals surface area contributed by atoms with Crippen molar-refractivity contribution in [3.63, 3.8) is 0 Å². The Morgan fingerprint density at radius 1 is 1.15 bits per heavy atom. The minimum Gasteiger partial charge on any atom is -0.339 e. The van der Waals surface area contributed by atoms with Crippen LogP contribution in [-0.4, -0.2) is 53.4 Å². The summed E-state index contributed by atoms with van der Waals surface area (Å²) in [6.45, 7) is 3.69. The Morgan fingerprint density at radius 3 is 2.58 bits per heavy atom. The Kier molecular flexibility index (Phi) is 6.31. The highest BCUT2D eigenvalue weighted by Crippen LogP contribution is 2.20. The van der Waals surface area contributed by atoms with Crippen LogP contribution >= 0.6 is 0 Å². The van der Waals surface area contributed by atoms with Crippen LogP contribution in [0.25, 0.3) is 0 Å². The maximum Gasteiger partial charge on any atom is 0.236 e. The van der Waals surface area contributed by atoms with Gasteiger partial charge in [-0.1, -0.05) is 36.4 Å². The van der Waals surface area contributed by atoms with Crippen LogP contribution in [0.2, 0.25) is 0 Å². The molecular weight excluding hydrogens is 326 g/mol. The molecule has 26 heavy (non-hydrogen) atoms. The molecule has 0 saturated carbocycles. The highest BCUT2D eigenvalue weighted by molar-refractivity contribution is 5.78. The number of benzene rings is 1. The summed E-state index contributed by atoms with van der Waals surface area (Å²) < 4.78 is 0. The van der Waals surface area contributed by atoms with Crippen LogP contribution in [0.15, 0.2) is 54.9 Å². The van der Waals surface area contributed by atoms with E-state index in [0.29, 0.717) is 39.3 Å². The third-order valence-corrected chi connectivity index (χ3v) is 4.60. The van der Waals surface area contributed by atoms with Crippen LogP contribution < -0.4 is 5.32 Å². The zero-order valence-electron chi connectivity index (χ0n) is 14.7. The van der Waals surface area contributed by atoms with Crippen LogP contribution in [0.4, 0.5) is 0 Å². The number of amides is 1. The second-order valence-electron chi connectivity index (χ2n) is 6.32. The van der Waals surface area contributed by atoms with Crippen molar-refractivity contribution in [3.8, 4) is 6.07 Å². The summed E-state index contributed by atoms with van der Waals surface area (Å²) in [6, 6.07) is 15.9. The van der Waals surface area contributed by atoms with Gasteiger partial charge in [-0.25, -0.2) is 0 Å². The number of piperazine rings is 1. The first-order valence-electron chi connectivity index (χ1n) is 8.84. The maximum atomic E-state index is 12.4. The molecule has 1 aliphatic heterocycles. The fraction of sp³-hybridized carbons (Fsp3) is 0.350. The normalized spacial score (nSPS) is 16.0. The maximum absolute atomic E-state index is 12.4. The molecule has 1 saturated heterocycles. The Bertz CT molecular complexity index is 736. The van der Waals surface area contributed by atoms with Crippen LogP contribution in [-0.2, 0) is 11.3 Å². The van der Waals surface area contributed by atoms with Crippen molar-refractivity contribution in [1.82, 2.24) is 20.1 Å². The second kappa shape index (κ2) is 9.09. The molecule has 1 fully saturated rings. The molecule has 1 aliphatic rings. The van der Waals surface area contributed by atoms with E-state index in [9.17, 15) is 10.1 Å². The number of nitrogens with one attached hydrogen (secondary N) is 1. The van der Waals surface area contributed by atoms with E-state index >= 15 is 0 Å². The molecule has 1 amide bonds. The van der Waals surface area contributed by atoms with Gasteiger partial charge < -0.3 is 10.2 Å². The molecule has 1 atom stereocenters. The molecule has 0 aliphatic carbocycles. The minimum absolute atomic E-state index is 0.107. The molecule has 6 nitrogen and oxygen atoms in total. The average molecular weight is 349 g/mol. The number of nitriles is 1. The van der Waals surface area contributed by atoms with E-state index in [1.54, 1.807) is 12.4 Å². The fourth-order valence-corrected chi connectivity index (χ4v) is 3.16. The lowest BCUT2D eigenvalue weighted by Gasteiger charge is -2.37. The molecular formula is C20H23N5O. The van der Waals surface area contributed by atoms with Crippen molar-refractivity contribution in [1.29, 1.82) is 5.26 Å². The third kappa shape index (κ3) is 4.66. The van der Waals surface area contributed by atoms with Crippen LogP contribution in [0.5, 0.6) is 0 Å². The molecule has 0 spiro atoms. The Hall–Kier alpha value is -2.75. The van der Waals surface area contributed by atoms with E-state index in [1.807, 2.05) is 47.4 Å². The Labute approximate surface area is 154 Å². The van der Waals surface area contributed by atoms with Gasteiger partial charge in [0.1, 0.15) is 6.04 Å². The number of carbonyl (C=O) groups is 1. The van der Waals surface area contributed by atoms with Gasteiger partial charge in [0, 0.05) is 50.7 Å². The molecule has 6 heteroatoms. The summed E-state index contributed by atoms with van der Waals surface area (Å²) in [4.78, 5) is 20.5. The van der Waals surface area contributed by atoms with Crippen LogP contribution in [0.1, 0.15) is 17.2 Å². The lowest BCUT2D eigenvalue weighted by atomic mass is 10.1. The number of rotatable bonds is 6. The topological polar surface area (TPSA) is 72.3 Å². The number of hydrogen-bond acceptors (Lipinski definition) is 5. The average Bonchev–Trinajstić information content (AvgIpc) is 2.71. The minimum atomic E-state index is -0.308. The molecule has 0 radical (unpaired) electrons. The Morgan fingerprint density at radius 2 is 1.92 bits per heavy atom. The zero-order valence-corrected chi connectivity index (χ0v) is 14.7. The van der Waals surface area contributed by atoms with E-state index in [-0.39, 0.29) is 11.9 Å². The largest absolute Gasteiger partial charge is 0.339 e. The molecule has 1 N–H and O–H groups in total. The molecule has 2 aromatic rings. The summed E-state index contributed by atoms with van der Waals surface area (Å²) in [7, 11) is 0. The number of pyridine rings is 1. The van der Waals surface area contributed by atoms with E-state index in [4.69, 9.17) is 0 Å². The van der Waals surface area contributed by atoms with Gasteiger partial charge >= 0.3 is 0 Å². The van der Waals surface area contributed by atoms with Crippen LogP contribution in [0.3, 0.4) is 0 Å². The first kappa shape index (κ1) is 18.1. The first-order valence-corrected chi connectivity index (χ1v) is 8.84. The van der Waals surface area contributed by atoms with Crippen molar-refractivity contribution in [2.24, 2.45) is 0 Å². The van der Waals surface area contributed by atoms with Gasteiger partial charge in [-0.15, -0.1) is 0 Å². The number of carbonyl (C=O) groups excluding carboxylic acids is 1. The molecule has 134 valence electrons. The molecule has 3 rings (SSSR count). The molecule has 1 unspecified atom stereocenters. The van der Waals surface area contributed by atoms with E-state index in [2.05, 4.69) is 21.3 Å². The Balaban J connectivity index is 1.45. The molecule has 2 heterocycles. The third-order valence-electron chi connectivity index (χ3n) is 4.60. The highest BCUT2D eigenvalue weighted by atomic mass is 16.2. The van der Waals surface area contributed by atoms with Gasteiger partial charge in [0.05, 0.1) is 12.6 Å². The van der Waals surface area contributed by atoms with E-state index in [0.717, 1.165) is 5.56 Å². The van der Waals surface area contributed by atoms with E-state index in [1.165, 1.54) is 5.56 Å². The summed E-state index contributed by atoms with van der Waals surface area (Å²) in [5.74, 6) is 0.107. The summed E-state index contributed by atoms with van der Waals surface area (Å²) in [5.41, 5.74) is 2.07. The van der Waals surface area contributed by atoms with Gasteiger partial charge in [-0.3, -0.25) is 14.7 Å². The predicted octanol–water partition coefficient (Wildman–Crippen LogP) is 1.58. The van der Waals surface area contributed by atoms with Crippen molar-refractivity contribution in [2.75, 3.05) is 32.7 Å². The standard InChI is InChI=1S/C20H23N5O/c21-13-19(18-7-4-8-22-15-18)24-9-11-25(12-10-24)20(26)16-23-14-17-5-2-1-3-6-17/h1-8,15,19,23H,9-12,14,16H2. The number of nitrogens with zero attached hydrogens (tertiary/aromatic N) is 4. The van der Waals surface area contributed by atoms with Crippen molar-refractivity contribution in [2.45, 2.75) is 12.6 Å². The highest BCUT2D eigenvalue weighted by Gasteiger charge is 2.26. The van der Waals surface area contributed by atoms with Crippen molar-refractivity contribution in [3.05, 3.63) is 66.0 Å². The smallest absolute Gasteiger partial charge is 0.236 e. The monoisotopic (exact) mass is 349 g/mol.